The van der Waals surface area contributed by atoms with Gasteiger partial charge in [0.05, 0.1) is 11.0 Å². The van der Waals surface area contributed by atoms with Crippen LogP contribution in [-0.4, -0.2) is 54.6 Å². The number of hydrogen-bond acceptors (Lipinski definition) is 4. The van der Waals surface area contributed by atoms with E-state index in [1.165, 1.54) is 6.07 Å². The zero-order valence-electron chi connectivity index (χ0n) is 17.7. The van der Waals surface area contributed by atoms with Gasteiger partial charge in [-0.2, -0.15) is 0 Å². The molecule has 6 heteroatoms. The van der Waals surface area contributed by atoms with Crippen LogP contribution >= 0.6 is 11.3 Å². The van der Waals surface area contributed by atoms with Crippen molar-refractivity contribution < 1.29 is 13.9 Å². The number of amides is 1. The summed E-state index contributed by atoms with van der Waals surface area (Å²) in [4.78, 5) is 19.5. The molecule has 2 aromatic rings. The minimum Gasteiger partial charge on any atom is -0.376 e. The first-order chi connectivity index (χ1) is 14.6. The number of nitrogens with zero attached hydrogens (tertiary/aromatic N) is 2. The molecule has 1 aromatic heterocycles. The number of hydrogen-bond donors (Lipinski definition) is 0. The SMILES string of the molecule is Cc1ccc(C(=O)N(CC2CCN(Cc3ccccc3F)CC2)C[C@@H]2CCCO2)s1. The van der Waals surface area contributed by atoms with E-state index in [1.54, 1.807) is 17.4 Å². The molecule has 2 aliphatic heterocycles. The Morgan fingerprint density at radius 3 is 2.63 bits per heavy atom. The van der Waals surface area contributed by atoms with E-state index in [1.807, 2.05) is 36.1 Å². The number of carbonyl (C=O) groups is 1. The maximum atomic E-state index is 14.0. The van der Waals surface area contributed by atoms with Crippen LogP contribution in [0.2, 0.25) is 0 Å². The second-order valence-electron chi connectivity index (χ2n) is 8.57. The molecule has 0 radical (unpaired) electrons. The Bertz CT molecular complexity index is 841. The molecule has 2 aliphatic rings. The highest BCUT2D eigenvalue weighted by atomic mass is 32.1. The fourth-order valence-electron chi connectivity index (χ4n) is 4.49. The third-order valence-electron chi connectivity index (χ3n) is 6.22. The van der Waals surface area contributed by atoms with Gasteiger partial charge in [-0.15, -0.1) is 11.3 Å². The third kappa shape index (κ3) is 5.48. The predicted octanol–water partition coefficient (Wildman–Crippen LogP) is 4.73. The van der Waals surface area contributed by atoms with E-state index in [2.05, 4.69) is 4.90 Å². The van der Waals surface area contributed by atoms with Crippen molar-refractivity contribution in [2.75, 3.05) is 32.8 Å². The normalized spacial score (nSPS) is 20.5. The van der Waals surface area contributed by atoms with Gasteiger partial charge >= 0.3 is 0 Å². The average Bonchev–Trinajstić information content (AvgIpc) is 3.42. The van der Waals surface area contributed by atoms with Crippen molar-refractivity contribution in [3.8, 4) is 0 Å². The largest absolute Gasteiger partial charge is 0.376 e. The number of piperidine rings is 1. The van der Waals surface area contributed by atoms with Crippen LogP contribution in [0.15, 0.2) is 36.4 Å². The van der Waals surface area contributed by atoms with Gasteiger partial charge in [-0.05, 0) is 69.8 Å². The molecule has 2 fully saturated rings. The number of thiophene rings is 1. The molecule has 0 spiro atoms. The molecule has 0 unspecified atom stereocenters. The van der Waals surface area contributed by atoms with E-state index in [-0.39, 0.29) is 17.8 Å². The van der Waals surface area contributed by atoms with Crippen LogP contribution in [0.4, 0.5) is 4.39 Å². The van der Waals surface area contributed by atoms with E-state index in [0.717, 1.165) is 67.2 Å². The number of halogens is 1. The van der Waals surface area contributed by atoms with Gasteiger partial charge in [-0.3, -0.25) is 9.69 Å². The summed E-state index contributed by atoms with van der Waals surface area (Å²) in [5.74, 6) is 0.491. The summed E-state index contributed by atoms with van der Waals surface area (Å²) in [7, 11) is 0. The fourth-order valence-corrected chi connectivity index (χ4v) is 5.32. The molecule has 1 amide bonds. The van der Waals surface area contributed by atoms with Crippen LogP contribution in [0, 0.1) is 18.7 Å². The van der Waals surface area contributed by atoms with Crippen LogP contribution in [0.3, 0.4) is 0 Å². The van der Waals surface area contributed by atoms with Crippen molar-refractivity contribution in [3.05, 3.63) is 57.5 Å². The van der Waals surface area contributed by atoms with Gasteiger partial charge in [0.1, 0.15) is 5.82 Å². The average molecular weight is 431 g/mol. The van der Waals surface area contributed by atoms with E-state index in [0.29, 0.717) is 19.0 Å². The van der Waals surface area contributed by atoms with Crippen LogP contribution in [0.25, 0.3) is 0 Å². The Hall–Kier alpha value is -1.76. The van der Waals surface area contributed by atoms with E-state index >= 15 is 0 Å². The number of benzene rings is 1. The van der Waals surface area contributed by atoms with Crippen molar-refractivity contribution in [2.45, 2.75) is 45.3 Å². The van der Waals surface area contributed by atoms with Crippen LogP contribution < -0.4 is 0 Å². The second-order valence-corrected chi connectivity index (χ2v) is 9.85. The zero-order valence-corrected chi connectivity index (χ0v) is 18.5. The molecule has 1 atom stereocenters. The number of rotatable bonds is 7. The molecule has 0 aliphatic carbocycles. The first kappa shape index (κ1) is 21.5. The van der Waals surface area contributed by atoms with Gasteiger partial charge in [-0.1, -0.05) is 18.2 Å². The van der Waals surface area contributed by atoms with Gasteiger partial charge < -0.3 is 9.64 Å². The highest BCUT2D eigenvalue weighted by Gasteiger charge is 2.28. The van der Waals surface area contributed by atoms with Gasteiger partial charge in [0.2, 0.25) is 0 Å². The molecule has 3 heterocycles. The molecule has 0 N–H and O–H groups in total. The molecule has 1 aromatic carbocycles. The molecule has 30 heavy (non-hydrogen) atoms. The Balaban J connectivity index is 1.34. The van der Waals surface area contributed by atoms with Crippen LogP contribution in [-0.2, 0) is 11.3 Å². The minimum absolute atomic E-state index is 0.126. The lowest BCUT2D eigenvalue weighted by atomic mass is 9.95. The highest BCUT2D eigenvalue weighted by molar-refractivity contribution is 7.13. The second kappa shape index (κ2) is 10.0. The van der Waals surface area contributed by atoms with E-state index in [9.17, 15) is 9.18 Å². The fraction of sp³-hybridized carbons (Fsp3) is 0.542. The molecule has 162 valence electrons. The van der Waals surface area contributed by atoms with Gasteiger partial charge in [0.15, 0.2) is 0 Å². The predicted molar refractivity (Wildman–Crippen MR) is 118 cm³/mol. The quantitative estimate of drug-likeness (QED) is 0.637. The maximum absolute atomic E-state index is 14.0. The number of ether oxygens (including phenoxy) is 1. The number of aryl methyl sites for hydroxylation is 1. The standard InChI is InChI=1S/C24H31FN2O2S/c1-18-8-9-23(30-18)24(28)27(17-21-6-4-14-29-21)15-19-10-12-26(13-11-19)16-20-5-2-3-7-22(20)25/h2-3,5,7-9,19,21H,4,6,10-17H2,1H3/t21-/m0/s1. The molecule has 4 rings (SSSR count). The molecule has 4 nitrogen and oxygen atoms in total. The van der Waals surface area contributed by atoms with Gasteiger partial charge in [-0.25, -0.2) is 4.39 Å². The third-order valence-corrected chi connectivity index (χ3v) is 7.21. The monoisotopic (exact) mass is 430 g/mol. The molecule has 0 saturated carbocycles. The number of carbonyl (C=O) groups excluding carboxylic acids is 1. The topological polar surface area (TPSA) is 32.8 Å². The molecule has 0 bridgehead atoms. The first-order valence-corrected chi connectivity index (χ1v) is 11.8. The summed E-state index contributed by atoms with van der Waals surface area (Å²) in [6.45, 7) is 6.86. The van der Waals surface area contributed by atoms with Crippen LogP contribution in [0.5, 0.6) is 0 Å². The lowest BCUT2D eigenvalue weighted by molar-refractivity contribution is 0.0448. The van der Waals surface area contributed by atoms with Crippen molar-refractivity contribution in [3.63, 3.8) is 0 Å². The Morgan fingerprint density at radius 2 is 1.97 bits per heavy atom. The summed E-state index contributed by atoms with van der Waals surface area (Å²) >= 11 is 1.57. The minimum atomic E-state index is -0.126. The van der Waals surface area contributed by atoms with Gasteiger partial charge in [0, 0.05) is 36.7 Å². The molecular formula is C24H31FN2O2S. The Kier molecular flexibility index (Phi) is 7.18. The van der Waals surface area contributed by atoms with Crippen molar-refractivity contribution in [1.82, 2.24) is 9.80 Å². The summed E-state index contributed by atoms with van der Waals surface area (Å²) in [6, 6.07) is 11.0. The van der Waals surface area contributed by atoms with E-state index < -0.39 is 0 Å². The smallest absolute Gasteiger partial charge is 0.264 e. The first-order valence-electron chi connectivity index (χ1n) is 11.0. The summed E-state index contributed by atoms with van der Waals surface area (Å²) in [5.41, 5.74) is 0.763. The summed E-state index contributed by atoms with van der Waals surface area (Å²) in [6.07, 6.45) is 4.35. The highest BCUT2D eigenvalue weighted by Crippen LogP contribution is 2.25. The van der Waals surface area contributed by atoms with Crippen molar-refractivity contribution in [2.24, 2.45) is 5.92 Å². The lowest BCUT2D eigenvalue weighted by Crippen LogP contribution is -2.43. The summed E-state index contributed by atoms with van der Waals surface area (Å²) in [5, 5.41) is 0. The molecular weight excluding hydrogens is 399 g/mol. The van der Waals surface area contributed by atoms with Crippen LogP contribution in [0.1, 0.15) is 45.8 Å². The molecule has 2 saturated heterocycles. The van der Waals surface area contributed by atoms with E-state index in [4.69, 9.17) is 4.74 Å². The summed E-state index contributed by atoms with van der Waals surface area (Å²) < 4.78 is 19.8. The van der Waals surface area contributed by atoms with Crippen molar-refractivity contribution >= 4 is 17.2 Å². The maximum Gasteiger partial charge on any atom is 0.264 e. The van der Waals surface area contributed by atoms with Crippen molar-refractivity contribution in [1.29, 1.82) is 0 Å². The Morgan fingerprint density at radius 1 is 1.17 bits per heavy atom. The van der Waals surface area contributed by atoms with Gasteiger partial charge in [0.25, 0.3) is 5.91 Å². The zero-order chi connectivity index (χ0) is 20.9. The lowest BCUT2D eigenvalue weighted by Gasteiger charge is -2.35. The number of likely N-dealkylation sites (tertiary alicyclic amines) is 1. The Labute approximate surface area is 182 Å².